The van der Waals surface area contributed by atoms with Crippen molar-refractivity contribution in [3.8, 4) is 28.6 Å². The molecule has 10 nitrogen and oxygen atoms in total. The zero-order valence-electron chi connectivity index (χ0n) is 29.8. The molecule has 0 bridgehead atoms. The molecule has 1 heterocycles. The van der Waals surface area contributed by atoms with Crippen LogP contribution in [0, 0.1) is 6.57 Å². The fourth-order valence-electron chi connectivity index (χ4n) is 3.64. The molecular formula is C33H37I13N3O7-. The molecular weight excluding hydrogens is 2200 g/mol. The molecule has 3 aromatic carbocycles. The third-order valence-electron chi connectivity index (χ3n) is 5.58. The summed E-state index contributed by atoms with van der Waals surface area (Å²) in [6.07, 6.45) is 0. The second kappa shape index (κ2) is 38.5. The van der Waals surface area contributed by atoms with Crippen molar-refractivity contribution in [1.29, 1.82) is 0 Å². The predicted octanol–water partition coefficient (Wildman–Crippen LogP) is 14.4. The van der Waals surface area contributed by atoms with Crippen LogP contribution in [0.15, 0.2) is 83.4 Å². The Labute approximate surface area is 435 Å². The Morgan fingerprint density at radius 1 is 0.732 bits per heavy atom. The summed E-state index contributed by atoms with van der Waals surface area (Å²) in [5, 5.41) is 3.64. The molecule has 0 radical (unpaired) electrons. The topological polar surface area (TPSA) is 127 Å². The van der Waals surface area contributed by atoms with Crippen LogP contribution >= 0.6 is 181 Å². The van der Waals surface area contributed by atoms with E-state index in [0.717, 1.165) is 11.3 Å². The molecule has 1 aromatic heterocycles. The summed E-state index contributed by atoms with van der Waals surface area (Å²) >= 11 is 22.0. The van der Waals surface area contributed by atoms with Gasteiger partial charge in [-0.2, -0.15) is 0 Å². The predicted molar refractivity (Wildman–Crippen MR) is 333 cm³/mol. The first-order chi connectivity index (χ1) is 26.7. The minimum atomic E-state index is -0.337. The molecule has 0 unspecified atom stereocenters. The molecule has 4 rings (SSSR count). The number of aromatic nitrogens is 1. The van der Waals surface area contributed by atoms with Crippen molar-refractivity contribution in [2.75, 3.05) is 38.7 Å². The normalized spacial score (nSPS) is 10.7. The number of ketones is 1. The molecule has 56 heavy (non-hydrogen) atoms. The van der Waals surface area contributed by atoms with Gasteiger partial charge in [0.2, 0.25) is 5.78 Å². The number of carbonyl (C=O) groups excluding carboxylic acids is 2. The van der Waals surface area contributed by atoms with E-state index >= 15 is 0 Å². The van der Waals surface area contributed by atoms with E-state index in [0.29, 0.717) is 73.9 Å². The summed E-state index contributed by atoms with van der Waals surface area (Å²) in [4.78, 5) is 25.9. The van der Waals surface area contributed by atoms with Gasteiger partial charge in [-0.3, -0.25) is 4.79 Å². The van der Waals surface area contributed by atoms with E-state index in [9.17, 15) is 9.59 Å². The number of rotatable bonds is 14. The monoisotopic (exact) mass is 2240 g/mol. The first-order valence-electron chi connectivity index (χ1n) is 15.4. The number of nitrogens with two attached hydrogens (primary N) is 1. The van der Waals surface area contributed by atoms with Gasteiger partial charge in [-0.25, -0.2) is 11.4 Å². The van der Waals surface area contributed by atoms with Gasteiger partial charge in [-0.15, -0.1) is 0 Å². The largest absolute Gasteiger partial charge is 0.493 e. The van der Waals surface area contributed by atoms with Crippen LogP contribution in [0.5, 0.6) is 17.2 Å². The smallest absolute Gasteiger partial charge is 0.276 e. The average Bonchev–Trinajstić information content (AvgIpc) is 3.62. The summed E-state index contributed by atoms with van der Waals surface area (Å²) in [5.74, 6) is 2.38. The van der Waals surface area contributed by atoms with Crippen molar-refractivity contribution in [3.05, 3.63) is 101 Å². The van der Waals surface area contributed by atoms with Crippen molar-refractivity contribution < 1.29 is 46.3 Å². The molecule has 0 atom stereocenters. The number of nitrogens with zero attached hydrogens (tertiary/aromatic N) is 2. The summed E-state index contributed by atoms with van der Waals surface area (Å²) in [7, 11) is -1.12. The van der Waals surface area contributed by atoms with Crippen LogP contribution < -0.4 is 33.2 Å². The van der Waals surface area contributed by atoms with Crippen LogP contribution in [0.25, 0.3) is 16.2 Å². The van der Waals surface area contributed by atoms with Crippen molar-refractivity contribution >= 4 is 198 Å². The van der Waals surface area contributed by atoms with Crippen LogP contribution in [-0.4, -0.2) is 49.9 Å². The van der Waals surface area contributed by atoms with Gasteiger partial charge in [0.05, 0.1) is 37.6 Å². The minimum absolute atomic E-state index is 0.121. The van der Waals surface area contributed by atoms with E-state index in [2.05, 4.69) is 159 Å². The Morgan fingerprint density at radius 2 is 1.20 bits per heavy atom. The molecule has 0 spiro atoms. The van der Waals surface area contributed by atoms with Gasteiger partial charge < -0.3 is 34.0 Å². The number of ether oxygens (including phenoxy) is 4. The number of esters is 1. The standard InChI is InChI=1S/C11H12N2O2.C11H11NO2.C11H14O3.I7.I6/c1-2-14-9-6-4-3-5-8(9)10-7-11(12)13-15-10;1-3-14-11-7-5-4-6-9(11)10(13)8-12-2;1-3-13-10-8-6-5-7-9(10)11(12)14-4-2;1-5-7(4)6(2)3;1-5(2)6(3)4/h3-7H,2H2,1H3,(H2,12,13);4-7H,3,8H2,1H3;5-8H,3-4H2,1-2H3;;/q;;;-1;. The summed E-state index contributed by atoms with van der Waals surface area (Å²) in [6.45, 7) is 16.0. The Bertz CT molecular complexity index is 1730. The van der Waals surface area contributed by atoms with E-state index in [1.165, 1.54) is 0 Å². The number of Topliss-reactive ketones (excluding diaryl/α,β-unsaturated/α-hetero) is 1. The molecule has 0 amide bonds. The Hall–Kier alpha value is 4.19. The third kappa shape index (κ3) is 27.5. The van der Waals surface area contributed by atoms with Gasteiger partial charge in [-0.05, 0) is 64.1 Å². The second-order valence-corrected chi connectivity index (χ2v) is 220. The van der Waals surface area contributed by atoms with Gasteiger partial charge >= 0.3 is 200 Å². The molecule has 318 valence electrons. The number of halogens is 13. The SMILES string of the molecule is CCOC(=O)c1ccccc1OCC.CCOc1ccccc1-c1cc(N)no1.II(I)I(I)I.I[I-]I(I)I(I)I.[C-]#[N+]CC(=O)c1ccccc1OCC. The molecule has 0 aliphatic rings. The second-order valence-electron chi connectivity index (χ2n) is 9.07. The number of para-hydroxylation sites is 3. The van der Waals surface area contributed by atoms with Crippen LogP contribution in [-0.2, 0) is 4.74 Å². The molecule has 4 aromatic rings. The Morgan fingerprint density at radius 3 is 1.61 bits per heavy atom. The molecule has 0 aliphatic heterocycles. The van der Waals surface area contributed by atoms with E-state index in [4.69, 9.17) is 35.8 Å². The van der Waals surface area contributed by atoms with Gasteiger partial charge in [0.1, 0.15) is 22.8 Å². The van der Waals surface area contributed by atoms with Crippen molar-refractivity contribution in [2.45, 2.75) is 27.7 Å². The van der Waals surface area contributed by atoms with Crippen LogP contribution in [0.3, 0.4) is 0 Å². The summed E-state index contributed by atoms with van der Waals surface area (Å²) in [6, 6.07) is 23.4. The van der Waals surface area contributed by atoms with Gasteiger partial charge in [0, 0.05) is 6.07 Å². The zero-order valence-corrected chi connectivity index (χ0v) is 57.8. The number of benzene rings is 3. The van der Waals surface area contributed by atoms with Crippen molar-refractivity contribution in [2.24, 2.45) is 0 Å². The molecule has 0 fully saturated rings. The fourth-order valence-corrected chi connectivity index (χ4v) is 213. The Kier molecular flexibility index (Phi) is 41.3. The number of hydrogen-bond donors (Lipinski definition) is 1. The van der Waals surface area contributed by atoms with Crippen molar-refractivity contribution in [1.82, 2.24) is 5.16 Å². The number of anilines is 1. The van der Waals surface area contributed by atoms with E-state index < -0.39 is 0 Å². The molecule has 2 N–H and O–H groups in total. The van der Waals surface area contributed by atoms with Crippen LogP contribution in [0.2, 0.25) is 0 Å². The van der Waals surface area contributed by atoms with Crippen molar-refractivity contribution in [3.63, 3.8) is 0 Å². The average molecular weight is 2240 g/mol. The zero-order chi connectivity index (χ0) is 42.5. The minimum Gasteiger partial charge on any atom is -0.493 e. The van der Waals surface area contributed by atoms with E-state index in [1.54, 1.807) is 55.5 Å². The number of nitrogen functional groups attached to an aromatic ring is 1. The maximum Gasteiger partial charge on any atom is 0.276 e. The van der Waals surface area contributed by atoms with Crippen LogP contribution in [0.4, 0.5) is 5.82 Å². The Balaban J connectivity index is 0.000000704. The van der Waals surface area contributed by atoms with Gasteiger partial charge in [0.15, 0.2) is 11.6 Å². The summed E-state index contributed by atoms with van der Waals surface area (Å²) in [5.41, 5.74) is 7.33. The van der Waals surface area contributed by atoms with E-state index in [-0.39, 0.29) is 49.9 Å². The molecule has 0 aliphatic carbocycles. The fraction of sp³-hybridized carbons (Fsp3) is 0.273. The summed E-state index contributed by atoms with van der Waals surface area (Å²) < 4.78 is 26.0. The number of hydrogen-bond acceptors (Lipinski definition) is 9. The number of carbonyl (C=O) groups is 2. The first-order valence-corrected chi connectivity index (χ1v) is 84.5. The van der Waals surface area contributed by atoms with Gasteiger partial charge in [0.25, 0.3) is 6.54 Å². The van der Waals surface area contributed by atoms with Crippen LogP contribution in [0.1, 0.15) is 48.4 Å². The maximum absolute atomic E-state index is 11.4. The quantitative estimate of drug-likeness (QED) is 0.0568. The van der Waals surface area contributed by atoms with Gasteiger partial charge in [-0.1, -0.05) is 41.6 Å². The first kappa shape index (κ1) is 60.2. The molecule has 0 saturated carbocycles. The molecule has 0 saturated heterocycles. The third-order valence-corrected chi connectivity index (χ3v) is 419. The van der Waals surface area contributed by atoms with E-state index in [1.807, 2.05) is 51.1 Å². The molecule has 23 heteroatoms. The maximum atomic E-state index is 11.4.